The molecule has 0 N–H and O–H groups in total. The van der Waals surface area contributed by atoms with Crippen LogP contribution in [-0.4, -0.2) is 7.11 Å². The summed E-state index contributed by atoms with van der Waals surface area (Å²) in [7, 11) is 1.40. The minimum atomic E-state index is -0.884. The van der Waals surface area contributed by atoms with Gasteiger partial charge in [0.15, 0.2) is 23.2 Å². The van der Waals surface area contributed by atoms with Crippen LogP contribution in [0.25, 0.3) is 22.3 Å². The Bertz CT molecular complexity index is 1250. The number of aryl methyl sites for hydroxylation is 1. The number of ether oxygens (including phenoxy) is 2. The summed E-state index contributed by atoms with van der Waals surface area (Å²) in [5.41, 5.74) is 3.55. The molecule has 4 aromatic carbocycles. The van der Waals surface area contributed by atoms with Crippen molar-refractivity contribution in [1.29, 1.82) is 0 Å². The van der Waals surface area contributed by atoms with E-state index in [1.54, 1.807) is 54.6 Å². The van der Waals surface area contributed by atoms with Crippen LogP contribution in [0.2, 0.25) is 0 Å². The van der Waals surface area contributed by atoms with Crippen LogP contribution in [0.4, 0.5) is 13.2 Å². The molecule has 0 spiro atoms. The molecule has 0 atom stereocenters. The van der Waals surface area contributed by atoms with Crippen LogP contribution in [-0.2, 0) is 13.0 Å². The van der Waals surface area contributed by atoms with E-state index in [1.807, 2.05) is 19.1 Å². The van der Waals surface area contributed by atoms with Gasteiger partial charge in [-0.15, -0.1) is 0 Å². The van der Waals surface area contributed by atoms with Gasteiger partial charge in [-0.2, -0.15) is 0 Å². The first-order valence-electron chi connectivity index (χ1n) is 10.6. The third-order valence-electron chi connectivity index (χ3n) is 5.55. The molecular formula is C28H23F3O2. The van der Waals surface area contributed by atoms with Gasteiger partial charge in [0, 0.05) is 17.2 Å². The van der Waals surface area contributed by atoms with E-state index in [1.165, 1.54) is 19.2 Å². The van der Waals surface area contributed by atoms with E-state index >= 15 is 0 Å². The van der Waals surface area contributed by atoms with Gasteiger partial charge in [-0.05, 0) is 40.8 Å². The monoisotopic (exact) mass is 448 g/mol. The Labute approximate surface area is 191 Å². The van der Waals surface area contributed by atoms with Crippen LogP contribution in [0.3, 0.4) is 0 Å². The average molecular weight is 448 g/mol. The summed E-state index contributed by atoms with van der Waals surface area (Å²) in [6.45, 7) is 2.25. The molecule has 0 aromatic heterocycles. The van der Waals surface area contributed by atoms with Gasteiger partial charge >= 0.3 is 0 Å². The third kappa shape index (κ3) is 4.87. The molecule has 0 heterocycles. The molecule has 5 heteroatoms. The molecule has 0 aliphatic rings. The number of halogens is 3. The lowest BCUT2D eigenvalue weighted by Gasteiger charge is -2.11. The molecule has 0 radical (unpaired) electrons. The number of methoxy groups -OCH3 is 1. The van der Waals surface area contributed by atoms with Crippen molar-refractivity contribution < 1.29 is 22.6 Å². The zero-order valence-corrected chi connectivity index (χ0v) is 18.4. The molecule has 33 heavy (non-hydrogen) atoms. The molecule has 0 fully saturated rings. The van der Waals surface area contributed by atoms with Gasteiger partial charge in [0.1, 0.15) is 12.4 Å². The fraction of sp³-hybridized carbons (Fsp3) is 0.143. The van der Waals surface area contributed by atoms with Crippen LogP contribution in [0, 0.1) is 17.5 Å². The fourth-order valence-corrected chi connectivity index (χ4v) is 3.60. The molecule has 0 saturated carbocycles. The summed E-state index contributed by atoms with van der Waals surface area (Å²) in [6.07, 6.45) is 0.883. The lowest BCUT2D eigenvalue weighted by Crippen LogP contribution is -1.97. The Hall–Kier alpha value is -3.73. The SMILES string of the molecule is CCc1ccc(-c2ccc(-c3ccc(COc4ccc(OC)c(F)c4)cc3)c(F)c2F)cc1. The minimum Gasteiger partial charge on any atom is -0.494 e. The largest absolute Gasteiger partial charge is 0.494 e. The highest BCUT2D eigenvalue weighted by molar-refractivity contribution is 5.72. The molecule has 2 nitrogen and oxygen atoms in total. The Balaban J connectivity index is 1.50. The molecule has 4 aromatic rings. The van der Waals surface area contributed by atoms with E-state index in [9.17, 15) is 13.2 Å². The summed E-state index contributed by atoms with van der Waals surface area (Å²) < 4.78 is 54.0. The molecule has 0 unspecified atom stereocenters. The van der Waals surface area contributed by atoms with Crippen LogP contribution in [0.1, 0.15) is 18.1 Å². The Morgan fingerprint density at radius 1 is 0.667 bits per heavy atom. The quantitative estimate of drug-likeness (QED) is 0.290. The first-order chi connectivity index (χ1) is 16.0. The first kappa shape index (κ1) is 22.5. The zero-order chi connectivity index (χ0) is 23.4. The number of hydrogen-bond donors (Lipinski definition) is 0. The van der Waals surface area contributed by atoms with Crippen molar-refractivity contribution in [3.05, 3.63) is 107 Å². The van der Waals surface area contributed by atoms with E-state index < -0.39 is 17.5 Å². The molecule has 0 amide bonds. The van der Waals surface area contributed by atoms with Gasteiger partial charge in [0.2, 0.25) is 0 Å². The maximum absolute atomic E-state index is 14.9. The Morgan fingerprint density at radius 2 is 1.21 bits per heavy atom. The standard InChI is InChI=1S/C28H23F3O2/c1-3-18-4-8-20(9-5-18)23-13-14-24(28(31)27(23)30)21-10-6-19(7-11-21)17-33-22-12-15-26(32-2)25(29)16-22/h4-16H,3,17H2,1-2H3. The average Bonchev–Trinajstić information content (AvgIpc) is 2.85. The topological polar surface area (TPSA) is 18.5 Å². The summed E-state index contributed by atoms with van der Waals surface area (Å²) >= 11 is 0. The van der Waals surface area contributed by atoms with Gasteiger partial charge in [0.05, 0.1) is 7.11 Å². The van der Waals surface area contributed by atoms with E-state index in [4.69, 9.17) is 9.47 Å². The van der Waals surface area contributed by atoms with Crippen LogP contribution < -0.4 is 9.47 Å². The van der Waals surface area contributed by atoms with E-state index in [0.29, 0.717) is 16.9 Å². The summed E-state index contributed by atoms with van der Waals surface area (Å²) in [5, 5.41) is 0. The molecule has 168 valence electrons. The molecule has 0 aliphatic carbocycles. The highest BCUT2D eigenvalue weighted by Gasteiger charge is 2.16. The maximum Gasteiger partial charge on any atom is 0.168 e. The van der Waals surface area contributed by atoms with Crippen LogP contribution in [0.5, 0.6) is 11.5 Å². The molecular weight excluding hydrogens is 425 g/mol. The summed E-state index contributed by atoms with van der Waals surface area (Å²) in [5.74, 6) is -1.75. The highest BCUT2D eigenvalue weighted by Crippen LogP contribution is 2.32. The zero-order valence-electron chi connectivity index (χ0n) is 18.4. The van der Waals surface area contributed by atoms with Crippen molar-refractivity contribution >= 4 is 0 Å². The predicted octanol–water partition coefficient (Wildman–Crippen LogP) is 7.59. The van der Waals surface area contributed by atoms with Crippen LogP contribution in [0.15, 0.2) is 78.9 Å². The third-order valence-corrected chi connectivity index (χ3v) is 5.55. The van der Waals surface area contributed by atoms with Crippen molar-refractivity contribution in [1.82, 2.24) is 0 Å². The molecule has 0 saturated heterocycles. The van der Waals surface area contributed by atoms with Gasteiger partial charge in [-0.3, -0.25) is 0 Å². The van der Waals surface area contributed by atoms with Crippen molar-refractivity contribution in [2.24, 2.45) is 0 Å². The van der Waals surface area contributed by atoms with Crippen molar-refractivity contribution in [3.8, 4) is 33.8 Å². The smallest absolute Gasteiger partial charge is 0.168 e. The van der Waals surface area contributed by atoms with E-state index in [2.05, 4.69) is 0 Å². The fourth-order valence-electron chi connectivity index (χ4n) is 3.60. The molecule has 0 bridgehead atoms. The van der Waals surface area contributed by atoms with Crippen molar-refractivity contribution in [3.63, 3.8) is 0 Å². The number of benzene rings is 4. The Kier molecular flexibility index (Phi) is 6.68. The summed E-state index contributed by atoms with van der Waals surface area (Å²) in [6, 6.07) is 22.0. The number of rotatable bonds is 7. The second kappa shape index (κ2) is 9.82. The van der Waals surface area contributed by atoms with Crippen molar-refractivity contribution in [2.45, 2.75) is 20.0 Å². The van der Waals surface area contributed by atoms with E-state index in [-0.39, 0.29) is 23.5 Å². The van der Waals surface area contributed by atoms with Gasteiger partial charge < -0.3 is 9.47 Å². The highest BCUT2D eigenvalue weighted by atomic mass is 19.2. The van der Waals surface area contributed by atoms with E-state index in [0.717, 1.165) is 17.5 Å². The lowest BCUT2D eigenvalue weighted by atomic mass is 9.97. The minimum absolute atomic E-state index is 0.143. The molecule has 4 rings (SSSR count). The van der Waals surface area contributed by atoms with Gasteiger partial charge in [0.25, 0.3) is 0 Å². The first-order valence-corrected chi connectivity index (χ1v) is 10.6. The normalized spacial score (nSPS) is 10.8. The number of hydrogen-bond acceptors (Lipinski definition) is 2. The molecule has 0 aliphatic heterocycles. The lowest BCUT2D eigenvalue weighted by molar-refractivity contribution is 0.302. The van der Waals surface area contributed by atoms with Gasteiger partial charge in [-0.25, -0.2) is 13.2 Å². The second-order valence-corrected chi connectivity index (χ2v) is 7.62. The second-order valence-electron chi connectivity index (χ2n) is 7.62. The Morgan fingerprint density at radius 3 is 1.70 bits per heavy atom. The maximum atomic E-state index is 14.9. The van der Waals surface area contributed by atoms with Crippen molar-refractivity contribution in [2.75, 3.05) is 7.11 Å². The van der Waals surface area contributed by atoms with Gasteiger partial charge in [-0.1, -0.05) is 67.6 Å². The summed E-state index contributed by atoms with van der Waals surface area (Å²) in [4.78, 5) is 0. The predicted molar refractivity (Wildman–Crippen MR) is 124 cm³/mol. The van der Waals surface area contributed by atoms with Crippen LogP contribution >= 0.6 is 0 Å².